The first-order chi connectivity index (χ1) is 12.5. The van der Waals surface area contributed by atoms with Crippen molar-refractivity contribution in [2.75, 3.05) is 5.32 Å². The lowest BCUT2D eigenvalue weighted by atomic mass is 10.1. The van der Waals surface area contributed by atoms with E-state index in [4.69, 9.17) is 17.3 Å². The van der Waals surface area contributed by atoms with Gasteiger partial charge < -0.3 is 11.1 Å². The van der Waals surface area contributed by atoms with Gasteiger partial charge >= 0.3 is 0 Å². The summed E-state index contributed by atoms with van der Waals surface area (Å²) >= 11 is 7.74. The highest BCUT2D eigenvalue weighted by Gasteiger charge is 2.09. The zero-order valence-corrected chi connectivity index (χ0v) is 15.2. The van der Waals surface area contributed by atoms with Crippen LogP contribution in [0.5, 0.6) is 0 Å². The summed E-state index contributed by atoms with van der Waals surface area (Å²) in [7, 11) is 0. The Labute approximate surface area is 159 Å². The smallest absolute Gasteiger partial charge is 0.250 e. The predicted octanol–water partition coefficient (Wildman–Crippen LogP) is 4.82. The van der Waals surface area contributed by atoms with Crippen LogP contribution in [0.2, 0.25) is 5.02 Å². The number of hydrogen-bond acceptors (Lipinski definition) is 3. The van der Waals surface area contributed by atoms with Gasteiger partial charge in [0.05, 0.1) is 11.3 Å². The maximum absolute atomic E-state index is 12.1. The molecule has 0 aliphatic rings. The summed E-state index contributed by atoms with van der Waals surface area (Å²) < 4.78 is 0. The van der Waals surface area contributed by atoms with Crippen molar-refractivity contribution in [3.63, 3.8) is 0 Å². The van der Waals surface area contributed by atoms with Crippen molar-refractivity contribution in [3.05, 3.63) is 82.2 Å². The summed E-state index contributed by atoms with van der Waals surface area (Å²) in [4.78, 5) is 25.5. The Morgan fingerprint density at radius 1 is 1.00 bits per heavy atom. The van der Waals surface area contributed by atoms with E-state index in [0.717, 1.165) is 15.3 Å². The first kappa shape index (κ1) is 17.9. The second-order valence-corrected chi connectivity index (χ2v) is 6.94. The molecule has 130 valence electrons. The number of rotatable bonds is 5. The summed E-state index contributed by atoms with van der Waals surface area (Å²) in [6.45, 7) is 0. The van der Waals surface area contributed by atoms with E-state index in [1.165, 1.54) is 17.4 Å². The number of carbonyl (C=O) groups is 2. The van der Waals surface area contributed by atoms with Crippen LogP contribution < -0.4 is 11.1 Å². The number of nitrogens with two attached hydrogens (primary N) is 1. The SMILES string of the molecule is NC(=O)c1ccccc1NC(=O)C=Cc1ccc(-c2ccccc2Cl)s1. The number of benzene rings is 2. The summed E-state index contributed by atoms with van der Waals surface area (Å²) in [5.41, 5.74) is 6.92. The van der Waals surface area contributed by atoms with Crippen LogP contribution >= 0.6 is 22.9 Å². The number of primary amides is 1. The van der Waals surface area contributed by atoms with Crippen LogP contribution in [-0.2, 0) is 4.79 Å². The molecule has 0 aliphatic carbocycles. The first-order valence-electron chi connectivity index (χ1n) is 7.77. The summed E-state index contributed by atoms with van der Waals surface area (Å²) in [6, 6.07) is 18.1. The molecule has 26 heavy (non-hydrogen) atoms. The van der Waals surface area contributed by atoms with Crippen molar-refractivity contribution >= 4 is 46.5 Å². The average Bonchev–Trinajstić information content (AvgIpc) is 3.09. The number of para-hydroxylation sites is 1. The Kier molecular flexibility index (Phi) is 5.51. The van der Waals surface area contributed by atoms with E-state index in [-0.39, 0.29) is 11.5 Å². The molecule has 1 heterocycles. The van der Waals surface area contributed by atoms with Gasteiger partial charge in [0.25, 0.3) is 5.91 Å². The Morgan fingerprint density at radius 3 is 2.50 bits per heavy atom. The predicted molar refractivity (Wildman–Crippen MR) is 107 cm³/mol. The molecule has 3 N–H and O–H groups in total. The lowest BCUT2D eigenvalue weighted by Crippen LogP contribution is -2.16. The molecule has 0 radical (unpaired) electrons. The molecule has 2 amide bonds. The summed E-state index contributed by atoms with van der Waals surface area (Å²) in [5.74, 6) is -0.932. The molecular weight excluding hydrogens is 368 g/mol. The molecule has 2 aromatic carbocycles. The third-order valence-electron chi connectivity index (χ3n) is 3.62. The van der Waals surface area contributed by atoms with E-state index < -0.39 is 5.91 Å². The lowest BCUT2D eigenvalue weighted by Gasteiger charge is -2.06. The van der Waals surface area contributed by atoms with Gasteiger partial charge in [0.2, 0.25) is 5.91 Å². The molecule has 0 aliphatic heterocycles. The van der Waals surface area contributed by atoms with Crippen molar-refractivity contribution in [1.29, 1.82) is 0 Å². The normalized spacial score (nSPS) is 10.8. The topological polar surface area (TPSA) is 72.2 Å². The van der Waals surface area contributed by atoms with E-state index in [2.05, 4.69) is 5.32 Å². The minimum atomic E-state index is -0.590. The second kappa shape index (κ2) is 7.99. The molecule has 0 spiro atoms. The van der Waals surface area contributed by atoms with Gasteiger partial charge in [0.1, 0.15) is 0 Å². The van der Waals surface area contributed by atoms with Crippen LogP contribution in [0.3, 0.4) is 0 Å². The van der Waals surface area contributed by atoms with Crippen molar-refractivity contribution in [2.24, 2.45) is 5.73 Å². The third kappa shape index (κ3) is 4.20. The Hall–Kier alpha value is -2.89. The van der Waals surface area contributed by atoms with Crippen LogP contribution in [0.1, 0.15) is 15.2 Å². The minimum absolute atomic E-state index is 0.270. The van der Waals surface area contributed by atoms with Crippen molar-refractivity contribution in [2.45, 2.75) is 0 Å². The zero-order chi connectivity index (χ0) is 18.5. The molecule has 3 rings (SSSR count). The molecule has 0 unspecified atom stereocenters. The van der Waals surface area contributed by atoms with E-state index in [1.807, 2.05) is 36.4 Å². The standard InChI is InChI=1S/C20H15ClN2O2S/c21-16-7-3-1-5-14(16)18-11-9-13(26-18)10-12-19(24)23-17-8-4-2-6-15(17)20(22)25/h1-12H,(H2,22,25)(H,23,24). The Bertz CT molecular complexity index is 995. The van der Waals surface area contributed by atoms with E-state index in [0.29, 0.717) is 10.7 Å². The highest BCUT2D eigenvalue weighted by atomic mass is 35.5. The van der Waals surface area contributed by atoms with Crippen LogP contribution in [0.4, 0.5) is 5.69 Å². The van der Waals surface area contributed by atoms with Gasteiger partial charge in [-0.15, -0.1) is 11.3 Å². The van der Waals surface area contributed by atoms with Crippen LogP contribution in [-0.4, -0.2) is 11.8 Å². The van der Waals surface area contributed by atoms with Gasteiger partial charge in [-0.3, -0.25) is 9.59 Å². The fourth-order valence-electron chi connectivity index (χ4n) is 2.39. The van der Waals surface area contributed by atoms with Gasteiger partial charge in [0.15, 0.2) is 0 Å². The number of carbonyl (C=O) groups excluding carboxylic acids is 2. The maximum Gasteiger partial charge on any atom is 0.250 e. The molecule has 0 bridgehead atoms. The second-order valence-electron chi connectivity index (χ2n) is 5.41. The highest BCUT2D eigenvalue weighted by molar-refractivity contribution is 7.16. The molecule has 0 fully saturated rings. The quantitative estimate of drug-likeness (QED) is 0.621. The average molecular weight is 383 g/mol. The fourth-order valence-corrected chi connectivity index (χ4v) is 3.63. The van der Waals surface area contributed by atoms with Gasteiger partial charge in [-0.2, -0.15) is 0 Å². The molecule has 3 aromatic rings. The molecule has 0 atom stereocenters. The number of hydrogen-bond donors (Lipinski definition) is 2. The largest absolute Gasteiger partial charge is 0.366 e. The highest BCUT2D eigenvalue weighted by Crippen LogP contribution is 2.33. The number of halogens is 1. The van der Waals surface area contributed by atoms with E-state index in [1.54, 1.807) is 30.3 Å². The minimum Gasteiger partial charge on any atom is -0.366 e. The summed E-state index contributed by atoms with van der Waals surface area (Å²) in [5, 5.41) is 3.35. The fraction of sp³-hybridized carbons (Fsp3) is 0. The lowest BCUT2D eigenvalue weighted by molar-refractivity contribution is -0.111. The number of thiophene rings is 1. The van der Waals surface area contributed by atoms with Crippen LogP contribution in [0, 0.1) is 0 Å². The van der Waals surface area contributed by atoms with Crippen LogP contribution in [0.15, 0.2) is 66.7 Å². The van der Waals surface area contributed by atoms with Gasteiger partial charge in [0, 0.05) is 26.4 Å². The maximum atomic E-state index is 12.1. The molecule has 6 heteroatoms. The molecule has 1 aromatic heterocycles. The first-order valence-corrected chi connectivity index (χ1v) is 8.96. The molecule has 4 nitrogen and oxygen atoms in total. The molecular formula is C20H15ClN2O2S. The number of amides is 2. The van der Waals surface area contributed by atoms with Crippen molar-refractivity contribution in [1.82, 2.24) is 0 Å². The van der Waals surface area contributed by atoms with E-state index >= 15 is 0 Å². The number of nitrogens with one attached hydrogen (secondary N) is 1. The zero-order valence-electron chi connectivity index (χ0n) is 13.6. The van der Waals surface area contributed by atoms with Crippen molar-refractivity contribution in [3.8, 4) is 10.4 Å². The van der Waals surface area contributed by atoms with Crippen molar-refractivity contribution < 1.29 is 9.59 Å². The monoisotopic (exact) mass is 382 g/mol. The van der Waals surface area contributed by atoms with Gasteiger partial charge in [-0.1, -0.05) is 41.9 Å². The number of anilines is 1. The van der Waals surface area contributed by atoms with Crippen LogP contribution in [0.25, 0.3) is 16.5 Å². The third-order valence-corrected chi connectivity index (χ3v) is 5.03. The Balaban J connectivity index is 1.72. The Morgan fingerprint density at radius 2 is 1.73 bits per heavy atom. The summed E-state index contributed by atoms with van der Waals surface area (Å²) in [6.07, 6.45) is 3.13. The van der Waals surface area contributed by atoms with Gasteiger partial charge in [-0.05, 0) is 36.4 Å². The molecule has 0 saturated heterocycles. The molecule has 0 saturated carbocycles. The van der Waals surface area contributed by atoms with E-state index in [9.17, 15) is 9.59 Å². The van der Waals surface area contributed by atoms with Gasteiger partial charge in [-0.25, -0.2) is 0 Å².